The molecule has 0 aliphatic rings. The topological polar surface area (TPSA) is 88.0 Å². The van der Waals surface area contributed by atoms with Gasteiger partial charge in [-0.05, 0) is 29.8 Å². The largest absolute Gasteiger partial charge is 0.491 e. The average molecular weight is 331 g/mol. The van der Waals surface area contributed by atoms with E-state index in [9.17, 15) is 9.90 Å². The van der Waals surface area contributed by atoms with E-state index >= 15 is 0 Å². The first-order valence-electron chi connectivity index (χ1n) is 7.63. The fourth-order valence-electron chi connectivity index (χ4n) is 2.00. The van der Waals surface area contributed by atoms with E-state index in [2.05, 4.69) is 5.32 Å². The predicted octanol–water partition coefficient (Wildman–Crippen LogP) is 1.68. The molecule has 0 radical (unpaired) electrons. The molecule has 24 heavy (non-hydrogen) atoms. The van der Waals surface area contributed by atoms with E-state index in [0.717, 1.165) is 11.3 Å². The predicted molar refractivity (Wildman–Crippen MR) is 89.2 cm³/mol. The molecular formula is C18H21NO5. The number of benzene rings is 2. The highest BCUT2D eigenvalue weighted by atomic mass is 16.5. The third-order valence-electron chi connectivity index (χ3n) is 3.18. The van der Waals surface area contributed by atoms with Gasteiger partial charge in [-0.25, -0.2) is 4.79 Å². The van der Waals surface area contributed by atoms with Crippen molar-refractivity contribution in [2.24, 2.45) is 0 Å². The molecule has 0 heterocycles. The summed E-state index contributed by atoms with van der Waals surface area (Å²) in [4.78, 5) is 10.4. The summed E-state index contributed by atoms with van der Waals surface area (Å²) in [7, 11) is 0. The lowest BCUT2D eigenvalue weighted by atomic mass is 10.2. The van der Waals surface area contributed by atoms with Crippen LogP contribution >= 0.6 is 0 Å². The van der Waals surface area contributed by atoms with Crippen molar-refractivity contribution < 1.29 is 24.5 Å². The van der Waals surface area contributed by atoms with Crippen LogP contribution in [0.1, 0.15) is 5.56 Å². The van der Waals surface area contributed by atoms with E-state index in [1.807, 2.05) is 42.5 Å². The maximum Gasteiger partial charge on any atom is 0.341 e. The molecule has 0 saturated carbocycles. The number of nitrogens with one attached hydrogen (secondary N) is 1. The number of para-hydroxylation sites is 1. The lowest BCUT2D eigenvalue weighted by Crippen LogP contribution is -2.31. The van der Waals surface area contributed by atoms with E-state index in [1.165, 1.54) is 0 Å². The minimum Gasteiger partial charge on any atom is -0.491 e. The van der Waals surface area contributed by atoms with Crippen molar-refractivity contribution in [2.75, 3.05) is 19.8 Å². The smallest absolute Gasteiger partial charge is 0.341 e. The number of hydrogen-bond donors (Lipinski definition) is 3. The van der Waals surface area contributed by atoms with Gasteiger partial charge in [-0.2, -0.15) is 0 Å². The Bertz CT molecular complexity index is 615. The van der Waals surface area contributed by atoms with Gasteiger partial charge in [0.15, 0.2) is 6.61 Å². The molecule has 128 valence electrons. The molecular weight excluding hydrogens is 310 g/mol. The molecule has 1 unspecified atom stereocenters. The molecule has 2 aromatic rings. The first-order valence-corrected chi connectivity index (χ1v) is 7.63. The van der Waals surface area contributed by atoms with Crippen LogP contribution in [-0.2, 0) is 11.3 Å². The van der Waals surface area contributed by atoms with Crippen molar-refractivity contribution >= 4 is 5.97 Å². The summed E-state index contributed by atoms with van der Waals surface area (Å²) in [6.45, 7) is 0.857. The fraction of sp³-hybridized carbons (Fsp3) is 0.278. The lowest BCUT2D eigenvalue weighted by Gasteiger charge is -2.13. The number of rotatable bonds is 10. The van der Waals surface area contributed by atoms with Crippen LogP contribution in [0.2, 0.25) is 0 Å². The quantitative estimate of drug-likeness (QED) is 0.614. The van der Waals surface area contributed by atoms with Crippen molar-refractivity contribution in [1.29, 1.82) is 0 Å². The second-order valence-electron chi connectivity index (χ2n) is 5.24. The maximum absolute atomic E-state index is 10.4. The summed E-state index contributed by atoms with van der Waals surface area (Å²) in [5.41, 5.74) is 1.01. The lowest BCUT2D eigenvalue weighted by molar-refractivity contribution is -0.139. The summed E-state index contributed by atoms with van der Waals surface area (Å²) >= 11 is 0. The summed E-state index contributed by atoms with van der Waals surface area (Å²) in [5.74, 6) is 0.235. The second-order valence-corrected chi connectivity index (χ2v) is 5.24. The number of ether oxygens (including phenoxy) is 2. The van der Waals surface area contributed by atoms with Crippen LogP contribution in [0, 0.1) is 0 Å². The third-order valence-corrected chi connectivity index (χ3v) is 3.18. The molecule has 0 aliphatic carbocycles. The number of carboxylic acids is 1. The van der Waals surface area contributed by atoms with Gasteiger partial charge in [-0.15, -0.1) is 0 Å². The van der Waals surface area contributed by atoms with E-state index in [-0.39, 0.29) is 13.2 Å². The highest BCUT2D eigenvalue weighted by Crippen LogP contribution is 2.12. The standard InChI is InChI=1S/C18H21NO5/c20-15(12-23-16-4-2-1-3-5-16)11-19-10-14-6-8-17(9-7-14)24-13-18(21)22/h1-9,15,19-20H,10-13H2,(H,21,22). The van der Waals surface area contributed by atoms with Gasteiger partial charge in [0.05, 0.1) is 0 Å². The zero-order valence-corrected chi connectivity index (χ0v) is 13.2. The maximum atomic E-state index is 10.4. The van der Waals surface area contributed by atoms with Gasteiger partial charge in [-0.3, -0.25) is 0 Å². The Hall–Kier alpha value is -2.57. The van der Waals surface area contributed by atoms with Crippen LogP contribution in [0.15, 0.2) is 54.6 Å². The Morgan fingerprint density at radius 2 is 1.67 bits per heavy atom. The van der Waals surface area contributed by atoms with E-state index in [1.54, 1.807) is 12.1 Å². The number of hydrogen-bond acceptors (Lipinski definition) is 5. The van der Waals surface area contributed by atoms with Gasteiger partial charge in [-0.1, -0.05) is 30.3 Å². The van der Waals surface area contributed by atoms with Crippen molar-refractivity contribution in [2.45, 2.75) is 12.6 Å². The number of aliphatic hydroxyl groups is 1. The van der Waals surface area contributed by atoms with Crippen LogP contribution in [0.3, 0.4) is 0 Å². The zero-order valence-electron chi connectivity index (χ0n) is 13.2. The van der Waals surface area contributed by atoms with Crippen molar-refractivity contribution in [3.8, 4) is 11.5 Å². The fourth-order valence-corrected chi connectivity index (χ4v) is 2.00. The first kappa shape index (κ1) is 17.8. The Morgan fingerprint density at radius 3 is 2.33 bits per heavy atom. The van der Waals surface area contributed by atoms with Gasteiger partial charge in [0, 0.05) is 13.1 Å². The number of carboxylic acid groups (broad SMARTS) is 1. The van der Waals surface area contributed by atoms with Crippen LogP contribution in [0.4, 0.5) is 0 Å². The van der Waals surface area contributed by atoms with Gasteiger partial charge in [0.1, 0.15) is 24.2 Å². The average Bonchev–Trinajstić information content (AvgIpc) is 2.60. The Morgan fingerprint density at radius 1 is 1.00 bits per heavy atom. The van der Waals surface area contributed by atoms with Gasteiger partial charge in [0.2, 0.25) is 0 Å². The number of aliphatic hydroxyl groups excluding tert-OH is 1. The van der Waals surface area contributed by atoms with E-state index < -0.39 is 12.1 Å². The van der Waals surface area contributed by atoms with Gasteiger partial charge in [0.25, 0.3) is 0 Å². The van der Waals surface area contributed by atoms with Crippen LogP contribution in [0.25, 0.3) is 0 Å². The molecule has 2 rings (SSSR count). The molecule has 0 amide bonds. The first-order chi connectivity index (χ1) is 11.6. The Kier molecular flexibility index (Phi) is 7.07. The van der Waals surface area contributed by atoms with E-state index in [0.29, 0.717) is 18.8 Å². The monoisotopic (exact) mass is 331 g/mol. The molecule has 6 nitrogen and oxygen atoms in total. The molecule has 0 fully saturated rings. The highest BCUT2D eigenvalue weighted by Gasteiger charge is 2.05. The summed E-state index contributed by atoms with van der Waals surface area (Å²) < 4.78 is 10.5. The molecule has 6 heteroatoms. The molecule has 3 N–H and O–H groups in total. The SMILES string of the molecule is O=C(O)COc1ccc(CNCC(O)COc2ccccc2)cc1. The summed E-state index contributed by atoms with van der Waals surface area (Å²) in [5, 5.41) is 21.6. The van der Waals surface area contributed by atoms with Crippen LogP contribution < -0.4 is 14.8 Å². The summed E-state index contributed by atoms with van der Waals surface area (Å²) in [6.07, 6.45) is -0.608. The minimum absolute atomic E-state index is 0.221. The molecule has 0 saturated heterocycles. The molecule has 0 aliphatic heterocycles. The zero-order chi connectivity index (χ0) is 17.2. The van der Waals surface area contributed by atoms with Crippen molar-refractivity contribution in [3.05, 3.63) is 60.2 Å². The Labute approximate surface area is 140 Å². The van der Waals surface area contributed by atoms with Crippen LogP contribution in [-0.4, -0.2) is 42.0 Å². The molecule has 0 spiro atoms. The van der Waals surface area contributed by atoms with Crippen molar-refractivity contribution in [3.63, 3.8) is 0 Å². The summed E-state index contributed by atoms with van der Waals surface area (Å²) in [6, 6.07) is 16.5. The highest BCUT2D eigenvalue weighted by molar-refractivity contribution is 5.68. The minimum atomic E-state index is -1.01. The molecule has 0 aromatic heterocycles. The molecule has 2 aromatic carbocycles. The normalized spacial score (nSPS) is 11.7. The van der Waals surface area contributed by atoms with Crippen molar-refractivity contribution in [1.82, 2.24) is 5.32 Å². The van der Waals surface area contributed by atoms with Gasteiger partial charge < -0.3 is 25.0 Å². The van der Waals surface area contributed by atoms with E-state index in [4.69, 9.17) is 14.6 Å². The van der Waals surface area contributed by atoms with Gasteiger partial charge >= 0.3 is 5.97 Å². The second kappa shape index (κ2) is 9.54. The molecule has 0 bridgehead atoms. The van der Waals surface area contributed by atoms with Crippen LogP contribution in [0.5, 0.6) is 11.5 Å². The third kappa shape index (κ3) is 6.68. The number of aliphatic carboxylic acids is 1. The Balaban J connectivity index is 1.65. The molecule has 1 atom stereocenters. The number of carbonyl (C=O) groups is 1.